The average Bonchev–Trinajstić information content (AvgIpc) is 2.42. The van der Waals surface area contributed by atoms with Gasteiger partial charge in [-0.1, -0.05) is 20.3 Å². The van der Waals surface area contributed by atoms with E-state index in [-0.39, 0.29) is 17.4 Å². The molecule has 0 unspecified atom stereocenters. The zero-order chi connectivity index (χ0) is 14.0. The van der Waals surface area contributed by atoms with E-state index < -0.39 is 0 Å². The van der Waals surface area contributed by atoms with Crippen molar-refractivity contribution in [2.45, 2.75) is 33.1 Å². The van der Waals surface area contributed by atoms with Crippen LogP contribution >= 0.6 is 0 Å². The summed E-state index contributed by atoms with van der Waals surface area (Å²) in [4.78, 5) is 14.1. The number of aromatic hydroxyl groups is 2. The molecule has 1 aliphatic rings. The Kier molecular flexibility index (Phi) is 3.69. The van der Waals surface area contributed by atoms with Crippen molar-refractivity contribution < 1.29 is 15.0 Å². The first-order valence-electron chi connectivity index (χ1n) is 6.76. The maximum Gasteiger partial charge on any atom is 0.253 e. The maximum atomic E-state index is 12.3. The Balaban J connectivity index is 2.07. The number of carbonyl (C=O) groups is 1. The van der Waals surface area contributed by atoms with Crippen LogP contribution in [0.3, 0.4) is 0 Å². The second kappa shape index (κ2) is 5.11. The molecule has 1 aromatic rings. The smallest absolute Gasteiger partial charge is 0.253 e. The lowest BCUT2D eigenvalue weighted by Crippen LogP contribution is -2.41. The van der Waals surface area contributed by atoms with Gasteiger partial charge in [-0.2, -0.15) is 0 Å². The summed E-state index contributed by atoms with van der Waals surface area (Å²) in [6.07, 6.45) is 3.16. The molecule has 0 saturated carbocycles. The summed E-state index contributed by atoms with van der Waals surface area (Å²) in [6, 6.07) is 4.22. The van der Waals surface area contributed by atoms with E-state index in [9.17, 15) is 15.0 Å². The molecule has 1 aromatic carbocycles. The molecule has 0 aliphatic carbocycles. The van der Waals surface area contributed by atoms with Gasteiger partial charge in [0.15, 0.2) is 11.5 Å². The monoisotopic (exact) mass is 263 g/mol. The number of piperidine rings is 1. The predicted octanol–water partition coefficient (Wildman–Crippen LogP) is 2.75. The molecule has 19 heavy (non-hydrogen) atoms. The third-order valence-corrected chi connectivity index (χ3v) is 4.33. The van der Waals surface area contributed by atoms with Gasteiger partial charge >= 0.3 is 0 Å². The molecule has 1 amide bonds. The number of likely N-dealkylation sites (tertiary alicyclic amines) is 1. The van der Waals surface area contributed by atoms with Gasteiger partial charge in [-0.25, -0.2) is 0 Å². The van der Waals surface area contributed by atoms with Crippen LogP contribution < -0.4 is 0 Å². The highest BCUT2D eigenvalue weighted by molar-refractivity contribution is 5.95. The average molecular weight is 263 g/mol. The largest absolute Gasteiger partial charge is 0.504 e. The van der Waals surface area contributed by atoms with Gasteiger partial charge in [0.25, 0.3) is 5.91 Å². The molecule has 1 fully saturated rings. The lowest BCUT2D eigenvalue weighted by molar-refractivity contribution is 0.0600. The van der Waals surface area contributed by atoms with Crippen molar-refractivity contribution in [3.05, 3.63) is 23.8 Å². The third-order valence-electron chi connectivity index (χ3n) is 4.33. The first-order valence-corrected chi connectivity index (χ1v) is 6.76. The van der Waals surface area contributed by atoms with Crippen molar-refractivity contribution in [1.29, 1.82) is 0 Å². The van der Waals surface area contributed by atoms with Gasteiger partial charge < -0.3 is 15.1 Å². The highest BCUT2D eigenvalue weighted by Gasteiger charge is 2.30. The van der Waals surface area contributed by atoms with Gasteiger partial charge in [0.05, 0.1) is 0 Å². The van der Waals surface area contributed by atoms with Gasteiger partial charge in [-0.15, -0.1) is 0 Å². The Morgan fingerprint density at radius 1 is 1.26 bits per heavy atom. The molecule has 2 rings (SSSR count). The maximum absolute atomic E-state index is 12.3. The summed E-state index contributed by atoms with van der Waals surface area (Å²) >= 11 is 0. The Morgan fingerprint density at radius 3 is 2.42 bits per heavy atom. The highest BCUT2D eigenvalue weighted by Crippen LogP contribution is 2.34. The second-order valence-corrected chi connectivity index (χ2v) is 5.66. The number of phenols is 2. The molecule has 0 radical (unpaired) electrons. The molecular weight excluding hydrogens is 242 g/mol. The van der Waals surface area contributed by atoms with Gasteiger partial charge in [0.2, 0.25) is 0 Å². The zero-order valence-electron chi connectivity index (χ0n) is 11.5. The fraction of sp³-hybridized carbons (Fsp3) is 0.533. The minimum Gasteiger partial charge on any atom is -0.504 e. The van der Waals surface area contributed by atoms with Crippen molar-refractivity contribution in [3.8, 4) is 11.5 Å². The van der Waals surface area contributed by atoms with Crippen LogP contribution in [-0.2, 0) is 0 Å². The van der Waals surface area contributed by atoms with Crippen LogP contribution in [0.15, 0.2) is 18.2 Å². The Morgan fingerprint density at radius 2 is 1.89 bits per heavy atom. The van der Waals surface area contributed by atoms with E-state index in [0.717, 1.165) is 32.4 Å². The van der Waals surface area contributed by atoms with E-state index in [1.54, 1.807) is 6.07 Å². The standard InChI is InChI=1S/C15H21NO3/c1-3-15(2)6-8-16(9-7-15)14(19)11-4-5-12(17)13(18)10-11/h4-5,10,17-18H,3,6-9H2,1-2H3. The Labute approximate surface area is 113 Å². The minimum atomic E-state index is -0.249. The number of hydrogen-bond acceptors (Lipinski definition) is 3. The molecule has 2 N–H and O–H groups in total. The van der Waals surface area contributed by atoms with Gasteiger partial charge in [-0.05, 0) is 36.5 Å². The van der Waals surface area contributed by atoms with Gasteiger partial charge in [0.1, 0.15) is 0 Å². The zero-order valence-corrected chi connectivity index (χ0v) is 11.5. The van der Waals surface area contributed by atoms with E-state index >= 15 is 0 Å². The minimum absolute atomic E-state index is 0.0755. The third kappa shape index (κ3) is 2.83. The number of rotatable bonds is 2. The molecule has 104 valence electrons. The van der Waals surface area contributed by atoms with Crippen LogP contribution in [0, 0.1) is 5.41 Å². The van der Waals surface area contributed by atoms with Crippen LogP contribution in [0.4, 0.5) is 0 Å². The molecule has 4 heteroatoms. The topological polar surface area (TPSA) is 60.8 Å². The van der Waals surface area contributed by atoms with Crippen LogP contribution in [0.2, 0.25) is 0 Å². The van der Waals surface area contributed by atoms with Crippen molar-refractivity contribution in [2.75, 3.05) is 13.1 Å². The molecule has 0 atom stereocenters. The van der Waals surface area contributed by atoms with E-state index in [1.165, 1.54) is 12.1 Å². The number of carbonyl (C=O) groups excluding carboxylic acids is 1. The first-order chi connectivity index (χ1) is 8.95. The predicted molar refractivity (Wildman–Crippen MR) is 73.3 cm³/mol. The Hall–Kier alpha value is -1.71. The number of hydrogen-bond donors (Lipinski definition) is 2. The quantitative estimate of drug-likeness (QED) is 0.806. The summed E-state index contributed by atoms with van der Waals surface area (Å²) in [5, 5.41) is 18.7. The molecular formula is C15H21NO3. The number of phenolic OH excluding ortho intramolecular Hbond substituents is 2. The van der Waals surface area contributed by atoms with Gasteiger partial charge in [-0.3, -0.25) is 4.79 Å². The molecule has 0 bridgehead atoms. The van der Waals surface area contributed by atoms with E-state index in [1.807, 2.05) is 4.90 Å². The molecule has 4 nitrogen and oxygen atoms in total. The lowest BCUT2D eigenvalue weighted by Gasteiger charge is -2.39. The fourth-order valence-corrected chi connectivity index (χ4v) is 2.44. The SMILES string of the molecule is CCC1(C)CCN(C(=O)c2ccc(O)c(O)c2)CC1. The van der Waals surface area contributed by atoms with E-state index in [4.69, 9.17) is 0 Å². The van der Waals surface area contributed by atoms with Crippen LogP contribution in [0.1, 0.15) is 43.5 Å². The molecule has 0 aromatic heterocycles. The molecule has 0 spiro atoms. The lowest BCUT2D eigenvalue weighted by atomic mass is 9.78. The summed E-state index contributed by atoms with van der Waals surface area (Å²) in [6.45, 7) is 5.96. The number of amides is 1. The number of benzene rings is 1. The molecule has 1 heterocycles. The van der Waals surface area contributed by atoms with Crippen molar-refractivity contribution >= 4 is 5.91 Å². The van der Waals surface area contributed by atoms with Crippen molar-refractivity contribution in [3.63, 3.8) is 0 Å². The van der Waals surface area contributed by atoms with Crippen molar-refractivity contribution in [1.82, 2.24) is 4.90 Å². The Bertz CT molecular complexity index is 476. The van der Waals surface area contributed by atoms with E-state index in [2.05, 4.69) is 13.8 Å². The van der Waals surface area contributed by atoms with Gasteiger partial charge in [0, 0.05) is 18.7 Å². The fourth-order valence-electron chi connectivity index (χ4n) is 2.44. The second-order valence-electron chi connectivity index (χ2n) is 5.66. The normalized spacial score (nSPS) is 18.3. The summed E-state index contributed by atoms with van der Waals surface area (Å²) in [5.41, 5.74) is 0.767. The molecule has 1 saturated heterocycles. The summed E-state index contributed by atoms with van der Waals surface area (Å²) in [5.74, 6) is -0.525. The summed E-state index contributed by atoms with van der Waals surface area (Å²) in [7, 11) is 0. The van der Waals surface area contributed by atoms with E-state index in [0.29, 0.717) is 11.0 Å². The van der Waals surface area contributed by atoms with Crippen LogP contribution in [0.5, 0.6) is 11.5 Å². The van der Waals surface area contributed by atoms with Crippen LogP contribution in [-0.4, -0.2) is 34.1 Å². The number of nitrogens with zero attached hydrogens (tertiary/aromatic N) is 1. The van der Waals surface area contributed by atoms with Crippen LogP contribution in [0.25, 0.3) is 0 Å². The first kappa shape index (κ1) is 13.7. The highest BCUT2D eigenvalue weighted by atomic mass is 16.3. The van der Waals surface area contributed by atoms with Crippen molar-refractivity contribution in [2.24, 2.45) is 5.41 Å². The summed E-state index contributed by atoms with van der Waals surface area (Å²) < 4.78 is 0. The molecule has 1 aliphatic heterocycles.